The summed E-state index contributed by atoms with van der Waals surface area (Å²) in [4.78, 5) is 22.5. The quantitative estimate of drug-likeness (QED) is 0.735. The molecule has 0 aliphatic carbocycles. The maximum absolute atomic E-state index is 13.4. The smallest absolute Gasteiger partial charge is 0.340 e. The number of carboxylic acid groups (broad SMARTS) is 1. The third-order valence-corrected chi connectivity index (χ3v) is 2.41. The van der Waals surface area contributed by atoms with Crippen molar-refractivity contribution in [2.45, 2.75) is 26.3 Å². The molecule has 1 aromatic carbocycles. The Bertz CT molecular complexity index is 475. The molecular formula is C13H17FN2O3. The second kappa shape index (κ2) is 6.84. The number of carbonyl (C=O) groups is 2. The van der Waals surface area contributed by atoms with Crippen LogP contribution in [-0.4, -0.2) is 29.6 Å². The van der Waals surface area contributed by atoms with E-state index in [4.69, 9.17) is 5.11 Å². The molecule has 19 heavy (non-hydrogen) atoms. The van der Waals surface area contributed by atoms with Crippen LogP contribution in [0, 0.1) is 5.82 Å². The highest BCUT2D eigenvalue weighted by Gasteiger charge is 2.17. The Morgan fingerprint density at radius 3 is 2.63 bits per heavy atom. The van der Waals surface area contributed by atoms with Gasteiger partial charge in [-0.05, 0) is 12.1 Å². The highest BCUT2D eigenvalue weighted by Crippen LogP contribution is 2.19. The van der Waals surface area contributed by atoms with Gasteiger partial charge in [0.1, 0.15) is 11.4 Å². The summed E-state index contributed by atoms with van der Waals surface area (Å²) in [5.41, 5.74) is -0.547. The number of carboxylic acids is 1. The SMILES string of the molecule is CC(C)NCCC(=O)Nc1cccc(F)c1C(=O)O. The fourth-order valence-corrected chi connectivity index (χ4v) is 1.53. The summed E-state index contributed by atoms with van der Waals surface area (Å²) >= 11 is 0. The van der Waals surface area contributed by atoms with Crippen LogP contribution in [0.4, 0.5) is 10.1 Å². The molecule has 0 bridgehead atoms. The van der Waals surface area contributed by atoms with Crippen molar-refractivity contribution in [1.29, 1.82) is 0 Å². The third-order valence-electron chi connectivity index (χ3n) is 2.41. The first-order valence-electron chi connectivity index (χ1n) is 5.97. The molecule has 104 valence electrons. The Labute approximate surface area is 110 Å². The molecule has 1 amide bonds. The highest BCUT2D eigenvalue weighted by atomic mass is 19.1. The molecule has 0 aliphatic heterocycles. The number of amides is 1. The molecule has 0 spiro atoms. The molecule has 1 rings (SSSR count). The first-order chi connectivity index (χ1) is 8.91. The van der Waals surface area contributed by atoms with Crippen molar-refractivity contribution < 1.29 is 19.1 Å². The maximum Gasteiger partial charge on any atom is 0.340 e. The molecule has 0 aromatic heterocycles. The molecule has 0 fully saturated rings. The Morgan fingerprint density at radius 1 is 1.37 bits per heavy atom. The summed E-state index contributed by atoms with van der Waals surface area (Å²) in [5.74, 6) is -2.64. The average Bonchev–Trinajstić information content (AvgIpc) is 2.27. The normalized spacial score (nSPS) is 10.5. The Hall–Kier alpha value is -1.95. The van der Waals surface area contributed by atoms with E-state index in [1.54, 1.807) is 0 Å². The van der Waals surface area contributed by atoms with E-state index in [0.717, 1.165) is 6.07 Å². The van der Waals surface area contributed by atoms with Gasteiger partial charge >= 0.3 is 5.97 Å². The van der Waals surface area contributed by atoms with E-state index in [2.05, 4.69) is 10.6 Å². The van der Waals surface area contributed by atoms with E-state index in [0.29, 0.717) is 6.54 Å². The van der Waals surface area contributed by atoms with Gasteiger partial charge < -0.3 is 15.7 Å². The van der Waals surface area contributed by atoms with Crippen LogP contribution in [0.15, 0.2) is 18.2 Å². The van der Waals surface area contributed by atoms with Crippen molar-refractivity contribution in [2.24, 2.45) is 0 Å². The predicted octanol–water partition coefficient (Wildman–Crippen LogP) is 1.85. The van der Waals surface area contributed by atoms with Gasteiger partial charge in [0.25, 0.3) is 0 Å². The van der Waals surface area contributed by atoms with Crippen molar-refractivity contribution in [3.05, 3.63) is 29.6 Å². The van der Waals surface area contributed by atoms with Gasteiger partial charge in [0, 0.05) is 19.0 Å². The molecule has 0 saturated heterocycles. The zero-order valence-electron chi connectivity index (χ0n) is 10.9. The van der Waals surface area contributed by atoms with Crippen molar-refractivity contribution in [3.63, 3.8) is 0 Å². The summed E-state index contributed by atoms with van der Waals surface area (Å²) < 4.78 is 13.4. The zero-order valence-corrected chi connectivity index (χ0v) is 10.9. The fraction of sp³-hybridized carbons (Fsp3) is 0.385. The summed E-state index contributed by atoms with van der Waals surface area (Å²) in [7, 11) is 0. The molecular weight excluding hydrogens is 251 g/mol. The van der Waals surface area contributed by atoms with Crippen LogP contribution in [0.1, 0.15) is 30.6 Å². The monoisotopic (exact) mass is 268 g/mol. The van der Waals surface area contributed by atoms with Gasteiger partial charge in [-0.15, -0.1) is 0 Å². The number of halogens is 1. The van der Waals surface area contributed by atoms with Crippen molar-refractivity contribution in [2.75, 3.05) is 11.9 Å². The second-order valence-electron chi connectivity index (χ2n) is 4.37. The summed E-state index contributed by atoms with van der Waals surface area (Å²) in [5, 5.41) is 14.4. The van der Waals surface area contributed by atoms with Crippen LogP contribution in [0.3, 0.4) is 0 Å². The van der Waals surface area contributed by atoms with Gasteiger partial charge in [-0.3, -0.25) is 4.79 Å². The van der Waals surface area contributed by atoms with E-state index >= 15 is 0 Å². The largest absolute Gasteiger partial charge is 0.478 e. The first-order valence-corrected chi connectivity index (χ1v) is 5.97. The number of hydrogen-bond acceptors (Lipinski definition) is 3. The lowest BCUT2D eigenvalue weighted by Gasteiger charge is -2.10. The van der Waals surface area contributed by atoms with E-state index in [-0.39, 0.29) is 24.1 Å². The molecule has 0 radical (unpaired) electrons. The molecule has 0 saturated carbocycles. The van der Waals surface area contributed by atoms with Crippen molar-refractivity contribution >= 4 is 17.6 Å². The van der Waals surface area contributed by atoms with E-state index in [1.165, 1.54) is 12.1 Å². The maximum atomic E-state index is 13.4. The topological polar surface area (TPSA) is 78.4 Å². The Balaban J connectivity index is 2.69. The molecule has 5 nitrogen and oxygen atoms in total. The zero-order chi connectivity index (χ0) is 14.4. The first kappa shape index (κ1) is 15.1. The van der Waals surface area contributed by atoms with Crippen LogP contribution in [-0.2, 0) is 4.79 Å². The van der Waals surface area contributed by atoms with Gasteiger partial charge in [-0.1, -0.05) is 19.9 Å². The Kier molecular flexibility index (Phi) is 5.44. The molecule has 3 N–H and O–H groups in total. The van der Waals surface area contributed by atoms with Crippen LogP contribution >= 0.6 is 0 Å². The number of aromatic carboxylic acids is 1. The van der Waals surface area contributed by atoms with Gasteiger partial charge in [0.15, 0.2) is 0 Å². The number of carbonyl (C=O) groups excluding carboxylic acids is 1. The van der Waals surface area contributed by atoms with Gasteiger partial charge in [-0.25, -0.2) is 9.18 Å². The lowest BCUT2D eigenvalue weighted by molar-refractivity contribution is -0.116. The summed E-state index contributed by atoms with van der Waals surface area (Å²) in [6.45, 7) is 4.38. The third kappa shape index (κ3) is 4.67. The van der Waals surface area contributed by atoms with Crippen LogP contribution in [0.25, 0.3) is 0 Å². The van der Waals surface area contributed by atoms with Gasteiger partial charge in [0.05, 0.1) is 5.69 Å². The molecule has 6 heteroatoms. The molecule has 0 atom stereocenters. The van der Waals surface area contributed by atoms with E-state index in [9.17, 15) is 14.0 Å². The van der Waals surface area contributed by atoms with Crippen molar-refractivity contribution in [1.82, 2.24) is 5.32 Å². The van der Waals surface area contributed by atoms with Gasteiger partial charge in [0.2, 0.25) is 5.91 Å². The Morgan fingerprint density at radius 2 is 2.05 bits per heavy atom. The van der Waals surface area contributed by atoms with E-state index in [1.807, 2.05) is 13.8 Å². The minimum absolute atomic E-state index is 0.0259. The number of hydrogen-bond donors (Lipinski definition) is 3. The number of nitrogens with one attached hydrogen (secondary N) is 2. The summed E-state index contributed by atoms with van der Waals surface area (Å²) in [6, 6.07) is 4.01. The average molecular weight is 268 g/mol. The fourth-order valence-electron chi connectivity index (χ4n) is 1.53. The standard InChI is InChI=1S/C13H17FN2O3/c1-8(2)15-7-6-11(17)16-10-5-3-4-9(14)12(10)13(18)19/h3-5,8,15H,6-7H2,1-2H3,(H,16,17)(H,18,19). The number of anilines is 1. The predicted molar refractivity (Wildman–Crippen MR) is 69.7 cm³/mol. The van der Waals surface area contributed by atoms with Crippen LogP contribution in [0.5, 0.6) is 0 Å². The van der Waals surface area contributed by atoms with E-state index < -0.39 is 17.3 Å². The highest BCUT2D eigenvalue weighted by molar-refractivity contribution is 6.00. The van der Waals surface area contributed by atoms with Crippen LogP contribution in [0.2, 0.25) is 0 Å². The van der Waals surface area contributed by atoms with Crippen LogP contribution < -0.4 is 10.6 Å². The number of rotatable bonds is 6. The molecule has 0 heterocycles. The van der Waals surface area contributed by atoms with Crippen molar-refractivity contribution in [3.8, 4) is 0 Å². The molecule has 0 unspecified atom stereocenters. The lowest BCUT2D eigenvalue weighted by atomic mass is 10.1. The minimum atomic E-state index is -1.41. The molecule has 1 aromatic rings. The lowest BCUT2D eigenvalue weighted by Crippen LogP contribution is -2.27. The minimum Gasteiger partial charge on any atom is -0.478 e. The van der Waals surface area contributed by atoms with Gasteiger partial charge in [-0.2, -0.15) is 0 Å². The summed E-state index contributed by atoms with van der Waals surface area (Å²) in [6.07, 6.45) is 0.188. The number of benzene rings is 1. The molecule has 0 aliphatic rings. The second-order valence-corrected chi connectivity index (χ2v) is 4.37.